The van der Waals surface area contributed by atoms with Crippen LogP contribution in [0.25, 0.3) is 0 Å². The molecule has 0 saturated heterocycles. The first-order valence-corrected chi connectivity index (χ1v) is 10.9. The fraction of sp³-hybridized carbons (Fsp3) is 0.300. The molecule has 1 N–H and O–H groups in total. The van der Waals surface area contributed by atoms with Crippen LogP contribution in [0.4, 0.5) is 5.69 Å². The lowest BCUT2D eigenvalue weighted by Crippen LogP contribution is -2.26. The molecule has 0 saturated carbocycles. The number of anilines is 1. The summed E-state index contributed by atoms with van der Waals surface area (Å²) in [6, 6.07) is 11.9. The van der Waals surface area contributed by atoms with Crippen molar-refractivity contribution in [2.24, 2.45) is 0 Å². The van der Waals surface area contributed by atoms with Crippen molar-refractivity contribution in [2.45, 2.75) is 31.2 Å². The highest BCUT2D eigenvalue weighted by Gasteiger charge is 2.25. The molecule has 1 aliphatic heterocycles. The smallest absolute Gasteiger partial charge is 0.223 e. The number of hydrogen-bond donors (Lipinski definition) is 1. The van der Waals surface area contributed by atoms with E-state index >= 15 is 0 Å². The molecule has 3 rings (SSSR count). The van der Waals surface area contributed by atoms with Crippen LogP contribution in [0, 0.1) is 0 Å². The zero-order valence-corrected chi connectivity index (χ0v) is 17.0. The van der Waals surface area contributed by atoms with Crippen LogP contribution in [-0.4, -0.2) is 32.5 Å². The maximum atomic E-state index is 12.6. The van der Waals surface area contributed by atoms with Crippen LogP contribution >= 0.6 is 11.6 Å². The minimum absolute atomic E-state index is 0.0652. The number of sulfone groups is 1. The Balaban J connectivity index is 1.60. The first-order valence-electron chi connectivity index (χ1n) is 8.92. The molecule has 6 nitrogen and oxygen atoms in total. The fourth-order valence-corrected chi connectivity index (χ4v) is 4.66. The van der Waals surface area contributed by atoms with Crippen LogP contribution in [0.15, 0.2) is 47.4 Å². The Morgan fingerprint density at radius 1 is 1.18 bits per heavy atom. The molecule has 2 aromatic carbocycles. The Labute approximate surface area is 169 Å². The van der Waals surface area contributed by atoms with Crippen LogP contribution < -0.4 is 10.2 Å². The van der Waals surface area contributed by atoms with Crippen LogP contribution in [-0.2, 0) is 32.4 Å². The molecule has 2 aromatic rings. The molecule has 0 bridgehead atoms. The number of benzene rings is 2. The lowest BCUT2D eigenvalue weighted by Gasteiger charge is -2.15. The van der Waals surface area contributed by atoms with Crippen LogP contribution in [0.3, 0.4) is 0 Å². The summed E-state index contributed by atoms with van der Waals surface area (Å²) >= 11 is 6.04. The maximum Gasteiger partial charge on any atom is 0.223 e. The first-order chi connectivity index (χ1) is 13.3. The third-order valence-electron chi connectivity index (χ3n) is 4.72. The van der Waals surface area contributed by atoms with Gasteiger partial charge in [-0.05, 0) is 41.8 Å². The number of nitrogens with zero attached hydrogens (tertiary/aromatic N) is 1. The van der Waals surface area contributed by atoms with Crippen molar-refractivity contribution in [1.82, 2.24) is 5.32 Å². The third kappa shape index (κ3) is 4.54. The molecule has 8 heteroatoms. The lowest BCUT2D eigenvalue weighted by atomic mass is 10.2. The largest absolute Gasteiger partial charge is 0.352 e. The van der Waals surface area contributed by atoms with Crippen molar-refractivity contribution in [2.75, 3.05) is 17.2 Å². The molecule has 148 valence electrons. The normalized spacial score (nSPS) is 13.3. The van der Waals surface area contributed by atoms with E-state index in [4.69, 9.17) is 11.6 Å². The molecule has 0 radical (unpaired) electrons. The Kier molecular flexibility index (Phi) is 6.05. The van der Waals surface area contributed by atoms with Gasteiger partial charge in [-0.2, -0.15) is 0 Å². The first kappa shape index (κ1) is 20.4. The quantitative estimate of drug-likeness (QED) is 0.778. The monoisotopic (exact) mass is 420 g/mol. The Morgan fingerprint density at radius 2 is 1.93 bits per heavy atom. The number of carbonyl (C=O) groups is 2. The zero-order valence-electron chi connectivity index (χ0n) is 15.4. The van der Waals surface area contributed by atoms with E-state index in [9.17, 15) is 18.0 Å². The molecule has 0 fully saturated rings. The fourth-order valence-electron chi connectivity index (χ4n) is 3.17. The van der Waals surface area contributed by atoms with E-state index in [1.54, 1.807) is 35.2 Å². The van der Waals surface area contributed by atoms with Crippen molar-refractivity contribution < 1.29 is 18.0 Å². The summed E-state index contributed by atoms with van der Waals surface area (Å²) in [5.74, 6) is -0.701. The molecule has 1 aliphatic rings. The van der Waals surface area contributed by atoms with Gasteiger partial charge >= 0.3 is 0 Å². The minimum atomic E-state index is -3.60. The zero-order chi connectivity index (χ0) is 20.3. The highest BCUT2D eigenvalue weighted by Crippen LogP contribution is 2.30. The van der Waals surface area contributed by atoms with Crippen LogP contribution in [0.1, 0.15) is 24.5 Å². The number of fused-ring (bicyclic) bond motifs is 1. The molecule has 1 heterocycles. The van der Waals surface area contributed by atoms with E-state index in [0.29, 0.717) is 18.0 Å². The van der Waals surface area contributed by atoms with Crippen LogP contribution in [0.5, 0.6) is 0 Å². The van der Waals surface area contributed by atoms with E-state index in [0.717, 1.165) is 16.8 Å². The van der Waals surface area contributed by atoms with Gasteiger partial charge in [0.15, 0.2) is 9.84 Å². The van der Waals surface area contributed by atoms with E-state index in [1.165, 1.54) is 13.0 Å². The van der Waals surface area contributed by atoms with Gasteiger partial charge in [-0.3, -0.25) is 9.59 Å². The van der Waals surface area contributed by atoms with Gasteiger partial charge in [-0.15, -0.1) is 0 Å². The van der Waals surface area contributed by atoms with Gasteiger partial charge < -0.3 is 10.2 Å². The highest BCUT2D eigenvalue weighted by atomic mass is 35.5. The summed E-state index contributed by atoms with van der Waals surface area (Å²) in [7, 11) is -3.60. The number of carbonyl (C=O) groups excluding carboxylic acids is 2. The van der Waals surface area contributed by atoms with Gasteiger partial charge in [0, 0.05) is 37.1 Å². The average Bonchev–Trinajstić information content (AvgIpc) is 3.09. The molecule has 28 heavy (non-hydrogen) atoms. The Morgan fingerprint density at radius 3 is 2.64 bits per heavy atom. The molecule has 0 unspecified atom stereocenters. The van der Waals surface area contributed by atoms with E-state index in [1.807, 2.05) is 6.07 Å². The van der Waals surface area contributed by atoms with Gasteiger partial charge in [0.1, 0.15) is 0 Å². The molecular weight excluding hydrogens is 400 g/mol. The average molecular weight is 421 g/mol. The molecule has 0 spiro atoms. The topological polar surface area (TPSA) is 83.6 Å². The van der Waals surface area contributed by atoms with Gasteiger partial charge in [0.2, 0.25) is 11.8 Å². The van der Waals surface area contributed by atoms with Crippen molar-refractivity contribution in [3.63, 3.8) is 0 Å². The van der Waals surface area contributed by atoms with Crippen molar-refractivity contribution >= 4 is 38.9 Å². The lowest BCUT2D eigenvalue weighted by molar-refractivity contribution is -0.121. The predicted molar refractivity (Wildman–Crippen MR) is 108 cm³/mol. The third-order valence-corrected chi connectivity index (χ3v) is 6.80. The van der Waals surface area contributed by atoms with Crippen molar-refractivity contribution in [3.05, 3.63) is 58.6 Å². The Hall–Kier alpha value is -2.38. The van der Waals surface area contributed by atoms with Gasteiger partial charge in [-0.1, -0.05) is 29.8 Å². The summed E-state index contributed by atoms with van der Waals surface area (Å²) in [5, 5.41) is 3.24. The molecule has 0 aliphatic carbocycles. The summed E-state index contributed by atoms with van der Waals surface area (Å²) in [4.78, 5) is 25.5. The maximum absolute atomic E-state index is 12.6. The van der Waals surface area contributed by atoms with Gasteiger partial charge in [-0.25, -0.2) is 8.42 Å². The van der Waals surface area contributed by atoms with Crippen LogP contribution in [0.2, 0.25) is 5.02 Å². The van der Waals surface area contributed by atoms with Gasteiger partial charge in [0.25, 0.3) is 0 Å². The summed E-state index contributed by atoms with van der Waals surface area (Å²) < 4.78 is 25.2. The summed E-state index contributed by atoms with van der Waals surface area (Å²) in [5.41, 5.74) is 2.36. The number of hydrogen-bond acceptors (Lipinski definition) is 4. The van der Waals surface area contributed by atoms with Gasteiger partial charge in [0.05, 0.1) is 10.6 Å². The summed E-state index contributed by atoms with van der Waals surface area (Å²) in [6.45, 7) is 2.29. The second-order valence-corrected chi connectivity index (χ2v) is 9.16. The highest BCUT2D eigenvalue weighted by molar-refractivity contribution is 7.91. The van der Waals surface area contributed by atoms with Crippen molar-refractivity contribution in [1.29, 1.82) is 0 Å². The standard InChI is InChI=1S/C20H21ClN2O4S/c1-14(24)23-10-8-15-12-17(6-7-19(15)23)28(26,27)11-9-20(25)22-13-16-4-2-3-5-18(16)21/h2-7,12H,8-11,13H2,1H3,(H,22,25). The van der Waals surface area contributed by atoms with E-state index in [-0.39, 0.29) is 35.4 Å². The molecule has 0 atom stereocenters. The molecule has 0 aromatic heterocycles. The van der Waals surface area contributed by atoms with E-state index in [2.05, 4.69) is 5.32 Å². The predicted octanol–water partition coefficient (Wildman–Crippen LogP) is 2.73. The summed E-state index contributed by atoms with van der Waals surface area (Å²) in [6.07, 6.45) is 0.486. The number of halogens is 1. The van der Waals surface area contributed by atoms with Crippen molar-refractivity contribution in [3.8, 4) is 0 Å². The Bertz CT molecular complexity index is 1020. The number of rotatable bonds is 6. The SMILES string of the molecule is CC(=O)N1CCc2cc(S(=O)(=O)CCC(=O)NCc3ccccc3Cl)ccc21. The second-order valence-electron chi connectivity index (χ2n) is 6.65. The molecule has 2 amide bonds. The second kappa shape index (κ2) is 8.32. The molecular formula is C20H21ClN2O4S. The minimum Gasteiger partial charge on any atom is -0.352 e. The van der Waals surface area contributed by atoms with E-state index < -0.39 is 9.84 Å². The number of nitrogens with one attached hydrogen (secondary N) is 1. The number of amides is 2.